The van der Waals surface area contributed by atoms with Crippen molar-refractivity contribution in [2.45, 2.75) is 38.5 Å². The van der Waals surface area contributed by atoms with E-state index in [0.717, 1.165) is 38.8 Å². The number of fused-ring (bicyclic) bond motifs is 12. The predicted molar refractivity (Wildman–Crippen MR) is 316 cm³/mol. The number of hydrogen-bond donors (Lipinski definition) is 0. The van der Waals surface area contributed by atoms with Gasteiger partial charge in [0.05, 0.1) is 39.0 Å². The van der Waals surface area contributed by atoms with E-state index < -0.39 is 0 Å². The number of benzene rings is 10. The Balaban J connectivity index is 0.000000138. The van der Waals surface area contributed by atoms with Crippen molar-refractivity contribution in [3.63, 3.8) is 0 Å². The van der Waals surface area contributed by atoms with E-state index in [0.29, 0.717) is 0 Å². The van der Waals surface area contributed by atoms with E-state index in [1.807, 2.05) is 30.5 Å². The van der Waals surface area contributed by atoms with Gasteiger partial charge in [0, 0.05) is 58.7 Å². The maximum atomic E-state index is 4.90. The van der Waals surface area contributed by atoms with Gasteiger partial charge in [-0.15, -0.1) is 70.8 Å². The van der Waals surface area contributed by atoms with Crippen LogP contribution in [-0.4, -0.2) is 19.1 Å². The van der Waals surface area contributed by atoms with Crippen LogP contribution in [-0.2, 0) is 30.9 Å². The van der Waals surface area contributed by atoms with E-state index in [1.165, 1.54) is 105 Å². The zero-order chi connectivity index (χ0) is 50.9. The molecule has 1 radical (unpaired) electrons. The van der Waals surface area contributed by atoms with E-state index in [1.54, 1.807) is 0 Å². The van der Waals surface area contributed by atoms with Crippen LogP contribution in [0.1, 0.15) is 49.9 Å². The molecule has 2 aliphatic rings. The van der Waals surface area contributed by atoms with Gasteiger partial charge in [-0.05, 0) is 109 Å². The summed E-state index contributed by atoms with van der Waals surface area (Å²) in [5.74, 6) is 0. The van der Waals surface area contributed by atoms with Crippen LogP contribution in [0.5, 0.6) is 0 Å². The fraction of sp³-hybridized carbons (Fsp3) is 0.0833. The molecule has 0 spiro atoms. The molecule has 0 atom stereocenters. The number of nitrogens with zero attached hydrogens (tertiary/aromatic N) is 4. The SMILES string of the molecule is CC1(C)c2ccccc2-n2c3ccc(-c4cc[c-]c(-c5ccc6ccccc6n5)c4)cc3c3cccc1c32.CC1(C)c2ccccc2-n2c3ccc(-c4cc[c-]c(-c5nccc6ccccc56)c4)cc3c3cccc1c32.[Ir]. The molecule has 77 heavy (non-hydrogen) atoms. The molecular weight excluding hydrogens is 1110 g/mol. The van der Waals surface area contributed by atoms with Crippen molar-refractivity contribution in [2.24, 2.45) is 0 Å². The summed E-state index contributed by atoms with van der Waals surface area (Å²) in [5, 5.41) is 8.66. The van der Waals surface area contributed by atoms with Crippen LogP contribution in [0.25, 0.3) is 121 Å². The standard InChI is InChI=1S/2C36H25N2.Ir/c1-36(2)29-13-4-6-16-34(29)38-33-20-18-25(22-28(33)27-12-8-14-30(36)35(27)38)24-10-7-11-26(21-24)32-19-17-23-9-3-5-15-31(23)37-32;1-36(2)30-14-5-6-16-33(30)38-32-18-17-25(22-29(32)28-13-8-15-31(36)35(28)38)24-10-7-11-26(21-24)34-27-12-4-3-9-23(27)19-20-37-34;/h2*3-10,12-22H,1-2H3;/q2*-1;. The Bertz CT molecular complexity index is 4710. The minimum absolute atomic E-state index is 0. The maximum absolute atomic E-state index is 4.90. The van der Waals surface area contributed by atoms with Gasteiger partial charge in [-0.2, -0.15) is 0 Å². The van der Waals surface area contributed by atoms with Gasteiger partial charge < -0.3 is 14.1 Å². The Morgan fingerprint density at radius 2 is 0.883 bits per heavy atom. The molecule has 0 saturated heterocycles. The first-order valence-corrected chi connectivity index (χ1v) is 26.3. The second-order valence-electron chi connectivity index (χ2n) is 21.6. The fourth-order valence-electron chi connectivity index (χ4n) is 12.8. The molecule has 5 heteroatoms. The summed E-state index contributed by atoms with van der Waals surface area (Å²) < 4.78 is 4.93. The summed E-state index contributed by atoms with van der Waals surface area (Å²) in [5.41, 5.74) is 22.8. The molecule has 369 valence electrons. The summed E-state index contributed by atoms with van der Waals surface area (Å²) in [6.07, 6.45) is 1.89. The normalized spacial score (nSPS) is 13.6. The number of aromatic nitrogens is 4. The van der Waals surface area contributed by atoms with Crippen molar-refractivity contribution in [3.05, 3.63) is 265 Å². The molecule has 0 saturated carbocycles. The van der Waals surface area contributed by atoms with Gasteiger partial charge in [0.1, 0.15) is 0 Å². The average Bonchev–Trinajstić information content (AvgIpc) is 4.23. The molecule has 14 aromatic rings. The Kier molecular flexibility index (Phi) is 10.7. The van der Waals surface area contributed by atoms with E-state index in [2.05, 4.69) is 249 Å². The van der Waals surface area contributed by atoms with Gasteiger partial charge in [-0.1, -0.05) is 167 Å². The molecule has 0 bridgehead atoms. The van der Waals surface area contributed by atoms with Crippen LogP contribution in [0, 0.1) is 12.1 Å². The number of rotatable bonds is 4. The maximum Gasteiger partial charge on any atom is 0.0595 e. The Morgan fingerprint density at radius 3 is 1.51 bits per heavy atom. The molecule has 0 N–H and O–H groups in total. The van der Waals surface area contributed by atoms with Crippen molar-refractivity contribution >= 4 is 65.3 Å². The van der Waals surface area contributed by atoms with E-state index in [9.17, 15) is 0 Å². The number of pyridine rings is 2. The Morgan fingerprint density at radius 1 is 0.390 bits per heavy atom. The summed E-state index contributed by atoms with van der Waals surface area (Å²) in [7, 11) is 0. The third-order valence-electron chi connectivity index (χ3n) is 16.6. The second-order valence-corrected chi connectivity index (χ2v) is 21.6. The largest absolute Gasteiger partial charge is 0.309 e. The van der Waals surface area contributed by atoms with E-state index in [-0.39, 0.29) is 30.9 Å². The first-order chi connectivity index (χ1) is 37.2. The zero-order valence-corrected chi connectivity index (χ0v) is 45.5. The van der Waals surface area contributed by atoms with Gasteiger partial charge in [0.2, 0.25) is 0 Å². The van der Waals surface area contributed by atoms with Crippen LogP contribution in [0.4, 0.5) is 0 Å². The van der Waals surface area contributed by atoms with Crippen LogP contribution in [0.3, 0.4) is 0 Å². The van der Waals surface area contributed by atoms with Gasteiger partial charge in [0.15, 0.2) is 0 Å². The van der Waals surface area contributed by atoms with Gasteiger partial charge in [-0.3, -0.25) is 4.98 Å². The van der Waals surface area contributed by atoms with Gasteiger partial charge in [-0.25, -0.2) is 0 Å². The van der Waals surface area contributed by atoms with Crippen LogP contribution in [0.15, 0.2) is 231 Å². The molecule has 0 aliphatic carbocycles. The van der Waals surface area contributed by atoms with E-state index in [4.69, 9.17) is 9.97 Å². The first kappa shape index (κ1) is 46.8. The van der Waals surface area contributed by atoms with E-state index >= 15 is 0 Å². The molecule has 4 nitrogen and oxygen atoms in total. The average molecular weight is 1160 g/mol. The summed E-state index contributed by atoms with van der Waals surface area (Å²) in [6, 6.07) is 87.6. The van der Waals surface area contributed by atoms with Crippen molar-refractivity contribution < 1.29 is 20.1 Å². The first-order valence-electron chi connectivity index (χ1n) is 26.3. The van der Waals surface area contributed by atoms with Crippen LogP contribution < -0.4 is 0 Å². The second kappa shape index (κ2) is 17.7. The summed E-state index contributed by atoms with van der Waals surface area (Å²) in [4.78, 5) is 9.64. The minimum Gasteiger partial charge on any atom is -0.309 e. The van der Waals surface area contributed by atoms with Gasteiger partial charge in [0.25, 0.3) is 0 Å². The van der Waals surface area contributed by atoms with Gasteiger partial charge >= 0.3 is 0 Å². The third-order valence-corrected chi connectivity index (χ3v) is 16.6. The fourth-order valence-corrected chi connectivity index (χ4v) is 12.8. The molecule has 0 unspecified atom stereocenters. The molecule has 16 rings (SSSR count). The quantitative estimate of drug-likeness (QED) is 0.165. The molecule has 0 amide bonds. The van der Waals surface area contributed by atoms with Crippen LogP contribution in [0.2, 0.25) is 0 Å². The van der Waals surface area contributed by atoms with Crippen molar-refractivity contribution in [1.29, 1.82) is 0 Å². The Hall–Kier alpha value is -8.73. The molecular formula is C72H50IrN4-2. The number of hydrogen-bond acceptors (Lipinski definition) is 2. The smallest absolute Gasteiger partial charge is 0.0595 e. The van der Waals surface area contributed by atoms with Crippen molar-refractivity contribution in [1.82, 2.24) is 19.1 Å². The predicted octanol–water partition coefficient (Wildman–Crippen LogP) is 18.2. The monoisotopic (exact) mass is 1160 g/mol. The van der Waals surface area contributed by atoms with Crippen molar-refractivity contribution in [2.75, 3.05) is 0 Å². The van der Waals surface area contributed by atoms with Crippen molar-refractivity contribution in [3.8, 4) is 56.1 Å². The zero-order valence-electron chi connectivity index (χ0n) is 43.1. The van der Waals surface area contributed by atoms with Crippen LogP contribution >= 0.6 is 0 Å². The Labute approximate surface area is 461 Å². The molecule has 4 aromatic heterocycles. The molecule has 0 fully saturated rings. The summed E-state index contributed by atoms with van der Waals surface area (Å²) in [6.45, 7) is 9.37. The summed E-state index contributed by atoms with van der Waals surface area (Å²) >= 11 is 0. The molecule has 2 aliphatic heterocycles. The number of para-hydroxylation sites is 5. The third kappa shape index (κ3) is 7.15. The minimum atomic E-state index is -0.0566. The topological polar surface area (TPSA) is 35.6 Å². The molecule has 6 heterocycles. The molecule has 10 aromatic carbocycles.